The molecule has 1 rings (SSSR count). The molecule has 0 saturated carbocycles. The summed E-state index contributed by atoms with van der Waals surface area (Å²) in [6, 6.07) is 4.69. The summed E-state index contributed by atoms with van der Waals surface area (Å²) in [5, 5.41) is 28.2. The van der Waals surface area contributed by atoms with Gasteiger partial charge in [0.25, 0.3) is 5.69 Å². The average Bonchev–Trinajstić information content (AvgIpc) is 2.16. The van der Waals surface area contributed by atoms with Gasteiger partial charge in [-0.1, -0.05) is 0 Å². The van der Waals surface area contributed by atoms with Crippen molar-refractivity contribution >= 4 is 28.3 Å². The van der Waals surface area contributed by atoms with E-state index in [4.69, 9.17) is 10.4 Å². The summed E-state index contributed by atoms with van der Waals surface area (Å²) in [5.74, 6) is 0. The molecule has 0 amide bonds. The van der Waals surface area contributed by atoms with E-state index in [9.17, 15) is 10.1 Å². The minimum absolute atomic E-state index is 0.188. The number of halogens is 1. The van der Waals surface area contributed by atoms with E-state index in [0.29, 0.717) is 0 Å². The van der Waals surface area contributed by atoms with Crippen molar-refractivity contribution < 1.29 is 10.0 Å². The molecule has 72 valence electrons. The Kier molecular flexibility index (Phi) is 3.38. The molecule has 0 aromatic heterocycles. The zero-order valence-electron chi connectivity index (χ0n) is 6.90. The molecule has 0 aliphatic carbocycles. The molecule has 1 aromatic rings. The van der Waals surface area contributed by atoms with Gasteiger partial charge in [-0.3, -0.25) is 10.1 Å². The fraction of sp³-hybridized carbons (Fsp3) is 0.125. The third-order valence-electron chi connectivity index (χ3n) is 1.67. The van der Waals surface area contributed by atoms with Crippen LogP contribution in [0.5, 0.6) is 0 Å². The topological polar surface area (TPSA) is 87.2 Å². The van der Waals surface area contributed by atoms with E-state index in [-0.39, 0.29) is 20.4 Å². The zero-order chi connectivity index (χ0) is 10.7. The summed E-state index contributed by atoms with van der Waals surface area (Å²) in [6.07, 6.45) is 0. The molecule has 1 N–H and O–H groups in total. The van der Waals surface area contributed by atoms with Gasteiger partial charge in [-0.2, -0.15) is 5.26 Å². The Morgan fingerprint density at radius 1 is 1.64 bits per heavy atom. The minimum Gasteiger partial charge on any atom is -0.391 e. The van der Waals surface area contributed by atoms with Gasteiger partial charge in [0.15, 0.2) is 0 Å². The summed E-state index contributed by atoms with van der Waals surface area (Å²) in [4.78, 5) is 10.1. The van der Waals surface area contributed by atoms with Gasteiger partial charge in [0, 0.05) is 0 Å². The number of benzene rings is 1. The van der Waals surface area contributed by atoms with E-state index < -0.39 is 11.5 Å². The number of hydrogen-bond acceptors (Lipinski definition) is 4. The van der Waals surface area contributed by atoms with Crippen LogP contribution in [0.4, 0.5) is 5.69 Å². The molecule has 1 aromatic carbocycles. The lowest BCUT2D eigenvalue weighted by atomic mass is 10.1. The third kappa shape index (κ3) is 1.83. The highest BCUT2D eigenvalue weighted by Gasteiger charge is 2.20. The maximum absolute atomic E-state index is 10.6. The first-order valence-corrected chi connectivity index (χ1v) is 4.66. The van der Waals surface area contributed by atoms with Crippen LogP contribution in [0.1, 0.15) is 11.1 Å². The Balaban J connectivity index is 3.49. The number of rotatable bonds is 2. The summed E-state index contributed by atoms with van der Waals surface area (Å²) in [6.45, 7) is -0.405. The monoisotopic (exact) mass is 304 g/mol. The first-order chi connectivity index (χ1) is 6.61. The van der Waals surface area contributed by atoms with E-state index in [2.05, 4.69) is 0 Å². The molecule has 0 radical (unpaired) electrons. The lowest BCUT2D eigenvalue weighted by Crippen LogP contribution is -2.00. The van der Waals surface area contributed by atoms with Crippen LogP contribution in [0, 0.1) is 25.0 Å². The van der Waals surface area contributed by atoms with Crippen LogP contribution in [0.3, 0.4) is 0 Å². The highest BCUT2D eigenvalue weighted by molar-refractivity contribution is 14.1. The van der Waals surface area contributed by atoms with E-state index in [1.54, 1.807) is 22.6 Å². The summed E-state index contributed by atoms with van der Waals surface area (Å²) >= 11 is 1.73. The second-order valence-electron chi connectivity index (χ2n) is 2.46. The van der Waals surface area contributed by atoms with Crippen molar-refractivity contribution in [2.24, 2.45) is 0 Å². The Hall–Kier alpha value is -1.20. The molecule has 0 unspecified atom stereocenters. The van der Waals surface area contributed by atoms with Crippen LogP contribution in [0.25, 0.3) is 0 Å². The molecule has 5 nitrogen and oxygen atoms in total. The van der Waals surface area contributed by atoms with Crippen molar-refractivity contribution in [1.29, 1.82) is 5.26 Å². The van der Waals surface area contributed by atoms with E-state index >= 15 is 0 Å². The molecule has 0 aliphatic rings. The molecule has 6 heteroatoms. The van der Waals surface area contributed by atoms with Crippen LogP contribution in [0.2, 0.25) is 0 Å². The minimum atomic E-state index is -0.589. The largest absolute Gasteiger partial charge is 0.391 e. The number of hydrogen-bond donors (Lipinski definition) is 1. The van der Waals surface area contributed by atoms with E-state index in [1.807, 2.05) is 6.07 Å². The van der Waals surface area contributed by atoms with Gasteiger partial charge in [0.2, 0.25) is 0 Å². The third-order valence-corrected chi connectivity index (χ3v) is 2.77. The molecule has 0 fully saturated rings. The molecule has 0 atom stereocenters. The highest BCUT2D eigenvalue weighted by atomic mass is 127. The van der Waals surface area contributed by atoms with Crippen LogP contribution in [-0.2, 0) is 6.61 Å². The molecular weight excluding hydrogens is 299 g/mol. The smallest absolute Gasteiger partial charge is 0.289 e. The van der Waals surface area contributed by atoms with Crippen LogP contribution < -0.4 is 0 Å². The maximum atomic E-state index is 10.6. The van der Waals surface area contributed by atoms with Crippen molar-refractivity contribution in [3.8, 4) is 6.07 Å². The van der Waals surface area contributed by atoms with Gasteiger partial charge in [-0.25, -0.2) is 0 Å². The highest BCUT2D eigenvalue weighted by Crippen LogP contribution is 2.28. The number of aliphatic hydroxyl groups is 1. The van der Waals surface area contributed by atoms with Crippen molar-refractivity contribution in [3.63, 3.8) is 0 Å². The number of nitro benzene ring substituents is 1. The molecule has 0 saturated heterocycles. The summed E-state index contributed by atoms with van der Waals surface area (Å²) in [5.41, 5.74) is 0.278. The lowest BCUT2D eigenvalue weighted by molar-refractivity contribution is -0.386. The number of aliphatic hydroxyl groups excluding tert-OH is 1. The Bertz CT molecular complexity index is 425. The van der Waals surface area contributed by atoms with Gasteiger partial charge in [0.05, 0.1) is 22.7 Å². The fourth-order valence-corrected chi connectivity index (χ4v) is 1.86. The van der Waals surface area contributed by atoms with Crippen LogP contribution in [0.15, 0.2) is 12.1 Å². The number of nitriles is 1. The van der Waals surface area contributed by atoms with E-state index in [1.165, 1.54) is 12.1 Å². The quantitative estimate of drug-likeness (QED) is 0.510. The summed E-state index contributed by atoms with van der Waals surface area (Å²) < 4.78 is 0.265. The SMILES string of the molecule is N#Cc1ccc(CO)c([N+](=O)[O-])c1I. The van der Waals surface area contributed by atoms with Crippen molar-refractivity contribution in [3.05, 3.63) is 36.9 Å². The van der Waals surface area contributed by atoms with Crippen molar-refractivity contribution in [1.82, 2.24) is 0 Å². The van der Waals surface area contributed by atoms with Gasteiger partial charge >= 0.3 is 0 Å². The molecular formula is C8H5IN2O3. The van der Waals surface area contributed by atoms with Crippen LogP contribution >= 0.6 is 22.6 Å². The van der Waals surface area contributed by atoms with Crippen LogP contribution in [-0.4, -0.2) is 10.0 Å². The second kappa shape index (κ2) is 4.34. The lowest BCUT2D eigenvalue weighted by Gasteiger charge is -2.02. The molecule has 0 bridgehead atoms. The Morgan fingerprint density at radius 3 is 2.71 bits per heavy atom. The first kappa shape index (κ1) is 10.9. The fourth-order valence-electron chi connectivity index (χ4n) is 1.02. The molecule has 0 heterocycles. The number of nitro groups is 1. The predicted molar refractivity (Wildman–Crippen MR) is 56.5 cm³/mol. The predicted octanol–water partition coefficient (Wildman–Crippen LogP) is 1.56. The standard InChI is InChI=1S/C8H5IN2O3/c9-7-5(3-10)1-2-6(4-12)8(7)11(13)14/h1-2,12H,4H2. The zero-order valence-corrected chi connectivity index (χ0v) is 9.06. The average molecular weight is 304 g/mol. The van der Waals surface area contributed by atoms with Gasteiger partial charge in [-0.05, 0) is 34.7 Å². The first-order valence-electron chi connectivity index (χ1n) is 3.58. The maximum Gasteiger partial charge on any atom is 0.289 e. The summed E-state index contributed by atoms with van der Waals surface area (Å²) in [7, 11) is 0. The number of nitrogens with zero attached hydrogens (tertiary/aromatic N) is 2. The molecule has 0 spiro atoms. The Morgan fingerprint density at radius 2 is 2.29 bits per heavy atom. The molecule has 14 heavy (non-hydrogen) atoms. The van der Waals surface area contributed by atoms with Gasteiger partial charge in [0.1, 0.15) is 9.64 Å². The van der Waals surface area contributed by atoms with Gasteiger partial charge < -0.3 is 5.11 Å². The van der Waals surface area contributed by atoms with Crippen molar-refractivity contribution in [2.75, 3.05) is 0 Å². The normalized spacial score (nSPS) is 9.50. The second-order valence-corrected chi connectivity index (χ2v) is 3.54. The van der Waals surface area contributed by atoms with Crippen molar-refractivity contribution in [2.45, 2.75) is 6.61 Å². The Labute approximate surface area is 93.3 Å². The molecule has 0 aliphatic heterocycles. The van der Waals surface area contributed by atoms with Gasteiger partial charge in [-0.15, -0.1) is 0 Å². The van der Waals surface area contributed by atoms with E-state index in [0.717, 1.165) is 0 Å².